The molecule has 1 fully saturated rings. The highest BCUT2D eigenvalue weighted by Crippen LogP contribution is 2.50. The summed E-state index contributed by atoms with van der Waals surface area (Å²) in [7, 11) is 0. The summed E-state index contributed by atoms with van der Waals surface area (Å²) in [4.78, 5) is 6.63. The first-order valence-electron chi connectivity index (χ1n) is 4.27. The molecule has 2 nitrogen and oxygen atoms in total. The van der Waals surface area contributed by atoms with Crippen LogP contribution < -0.4 is 0 Å². The van der Waals surface area contributed by atoms with Gasteiger partial charge in [-0.3, -0.25) is 4.99 Å². The van der Waals surface area contributed by atoms with E-state index in [0.29, 0.717) is 17.1 Å². The first kappa shape index (κ1) is 7.14. The molecule has 62 valence electrons. The highest BCUT2D eigenvalue weighted by atomic mass is 15.4. The molecule has 2 unspecified atom stereocenters. The molecule has 0 aromatic heterocycles. The molecule has 0 aliphatic carbocycles. The van der Waals surface area contributed by atoms with E-state index in [4.69, 9.17) is 0 Å². The summed E-state index contributed by atoms with van der Waals surface area (Å²) in [6.07, 6.45) is 3.74. The Morgan fingerprint density at radius 2 is 2.18 bits per heavy atom. The van der Waals surface area contributed by atoms with E-state index in [2.05, 4.69) is 37.6 Å². The van der Waals surface area contributed by atoms with Gasteiger partial charge in [0.05, 0.1) is 6.34 Å². The first-order valence-corrected chi connectivity index (χ1v) is 4.27. The van der Waals surface area contributed by atoms with Gasteiger partial charge in [0.25, 0.3) is 0 Å². The third-order valence-electron chi connectivity index (χ3n) is 3.45. The topological polar surface area (TPSA) is 15.6 Å². The zero-order valence-corrected chi connectivity index (χ0v) is 7.76. The van der Waals surface area contributed by atoms with Crippen molar-refractivity contribution < 1.29 is 0 Å². The predicted molar refractivity (Wildman–Crippen MR) is 46.6 cm³/mol. The molecule has 0 aromatic carbocycles. The van der Waals surface area contributed by atoms with E-state index in [1.54, 1.807) is 0 Å². The van der Waals surface area contributed by atoms with Crippen LogP contribution in [0, 0.1) is 5.41 Å². The predicted octanol–water partition coefficient (Wildman–Crippen LogP) is 1.86. The van der Waals surface area contributed by atoms with Crippen LogP contribution in [-0.4, -0.2) is 22.9 Å². The lowest BCUT2D eigenvalue weighted by molar-refractivity contribution is -0.0855. The summed E-state index contributed by atoms with van der Waals surface area (Å²) in [6, 6.07) is 0. The van der Waals surface area contributed by atoms with E-state index < -0.39 is 0 Å². The highest BCUT2D eigenvalue weighted by Gasteiger charge is 2.56. The fraction of sp³-hybridized carbons (Fsp3) is 0.889. The number of fused-ring (bicyclic) bond motifs is 1. The Morgan fingerprint density at radius 1 is 1.55 bits per heavy atom. The number of rotatable bonds is 0. The first-order chi connectivity index (χ1) is 4.95. The summed E-state index contributed by atoms with van der Waals surface area (Å²) in [5.74, 6) is 0. The van der Waals surface area contributed by atoms with Gasteiger partial charge in [0, 0.05) is 12.0 Å². The Morgan fingerprint density at radius 3 is 2.27 bits per heavy atom. The normalized spacial score (nSPS) is 41.1. The van der Waals surface area contributed by atoms with E-state index >= 15 is 0 Å². The smallest absolute Gasteiger partial charge is 0.126 e. The molecule has 0 amide bonds. The minimum absolute atomic E-state index is 0.361. The Kier molecular flexibility index (Phi) is 1.05. The van der Waals surface area contributed by atoms with Crippen molar-refractivity contribution in [3.63, 3.8) is 0 Å². The van der Waals surface area contributed by atoms with Crippen molar-refractivity contribution in [3.05, 3.63) is 0 Å². The van der Waals surface area contributed by atoms with Crippen LogP contribution >= 0.6 is 0 Å². The molecule has 0 N–H and O–H groups in total. The maximum Gasteiger partial charge on any atom is 0.126 e. The fourth-order valence-corrected chi connectivity index (χ4v) is 1.88. The quantitative estimate of drug-likeness (QED) is 0.517. The zero-order valence-electron chi connectivity index (χ0n) is 7.76. The van der Waals surface area contributed by atoms with E-state index in [1.807, 2.05) is 6.34 Å². The molecule has 2 aliphatic heterocycles. The number of nitrogens with zero attached hydrogens (tertiary/aromatic N) is 2. The van der Waals surface area contributed by atoms with Gasteiger partial charge in [0.15, 0.2) is 0 Å². The third kappa shape index (κ3) is 0.652. The molecule has 0 aromatic rings. The van der Waals surface area contributed by atoms with Gasteiger partial charge in [-0.1, -0.05) is 20.8 Å². The van der Waals surface area contributed by atoms with Gasteiger partial charge in [-0.2, -0.15) is 0 Å². The van der Waals surface area contributed by atoms with Crippen molar-refractivity contribution in [2.75, 3.05) is 0 Å². The molecule has 2 atom stereocenters. The molecule has 0 spiro atoms. The second-order valence-electron chi connectivity index (χ2n) is 4.88. The number of hydrogen-bond acceptors (Lipinski definition) is 2. The molecule has 2 aliphatic rings. The van der Waals surface area contributed by atoms with Crippen LogP contribution in [0.15, 0.2) is 4.99 Å². The standard InChI is InChI=1S/C9H16N2/c1-8(2,3)9(4)5-7-10-6-11(7)9/h6-7H,5H2,1-4H3. The van der Waals surface area contributed by atoms with Crippen LogP contribution in [0.25, 0.3) is 0 Å². The van der Waals surface area contributed by atoms with Crippen LogP contribution in [0.2, 0.25) is 0 Å². The maximum atomic E-state index is 4.25. The summed E-state index contributed by atoms with van der Waals surface area (Å²) < 4.78 is 0. The summed E-state index contributed by atoms with van der Waals surface area (Å²) >= 11 is 0. The molecule has 0 saturated carbocycles. The second kappa shape index (κ2) is 1.62. The van der Waals surface area contributed by atoms with Crippen molar-refractivity contribution in [1.29, 1.82) is 0 Å². The van der Waals surface area contributed by atoms with Crippen LogP contribution in [0.3, 0.4) is 0 Å². The molecule has 0 bridgehead atoms. The number of aliphatic imine (C=N–C) groups is 1. The minimum atomic E-state index is 0.361. The Hall–Kier alpha value is -0.530. The van der Waals surface area contributed by atoms with Crippen molar-refractivity contribution in [1.82, 2.24) is 4.90 Å². The van der Waals surface area contributed by atoms with Gasteiger partial charge in [-0.25, -0.2) is 0 Å². The Balaban J connectivity index is 2.20. The molecule has 2 heteroatoms. The summed E-state index contributed by atoms with van der Waals surface area (Å²) in [5.41, 5.74) is 0.732. The SMILES string of the molecule is CC(C)(C)C1(C)CC2N=CN21. The summed E-state index contributed by atoms with van der Waals surface area (Å²) in [6.45, 7) is 9.23. The fourth-order valence-electron chi connectivity index (χ4n) is 1.88. The summed E-state index contributed by atoms with van der Waals surface area (Å²) in [5, 5.41) is 0. The molecule has 2 rings (SSSR count). The van der Waals surface area contributed by atoms with Crippen molar-refractivity contribution in [2.24, 2.45) is 10.4 Å². The van der Waals surface area contributed by atoms with Crippen LogP contribution in [0.1, 0.15) is 34.1 Å². The monoisotopic (exact) mass is 152 g/mol. The minimum Gasteiger partial charge on any atom is -0.335 e. The maximum absolute atomic E-state index is 4.25. The lowest BCUT2D eigenvalue weighted by atomic mass is 9.65. The molecule has 0 radical (unpaired) electrons. The van der Waals surface area contributed by atoms with Gasteiger partial charge in [0.1, 0.15) is 6.17 Å². The van der Waals surface area contributed by atoms with Crippen molar-refractivity contribution in [2.45, 2.75) is 45.8 Å². The third-order valence-corrected chi connectivity index (χ3v) is 3.45. The Labute approximate surface area is 68.3 Å². The lowest BCUT2D eigenvalue weighted by Crippen LogP contribution is -2.72. The largest absolute Gasteiger partial charge is 0.335 e. The van der Waals surface area contributed by atoms with Crippen molar-refractivity contribution in [3.8, 4) is 0 Å². The van der Waals surface area contributed by atoms with Crippen LogP contribution in [0.5, 0.6) is 0 Å². The zero-order chi connectivity index (χ0) is 8.28. The van der Waals surface area contributed by atoms with Gasteiger partial charge in [0.2, 0.25) is 0 Å². The molecule has 2 heterocycles. The highest BCUT2D eigenvalue weighted by molar-refractivity contribution is 5.65. The van der Waals surface area contributed by atoms with Crippen molar-refractivity contribution >= 4 is 6.34 Å². The molecular formula is C9H16N2. The van der Waals surface area contributed by atoms with Gasteiger partial charge in [-0.05, 0) is 12.3 Å². The average Bonchev–Trinajstić information content (AvgIpc) is 1.79. The Bertz CT molecular complexity index is 214. The molecular weight excluding hydrogens is 136 g/mol. The molecule has 1 saturated heterocycles. The number of hydrogen-bond donors (Lipinski definition) is 0. The van der Waals surface area contributed by atoms with E-state index in [-0.39, 0.29) is 0 Å². The van der Waals surface area contributed by atoms with E-state index in [1.165, 1.54) is 6.42 Å². The van der Waals surface area contributed by atoms with Gasteiger partial charge < -0.3 is 4.90 Å². The van der Waals surface area contributed by atoms with Gasteiger partial charge >= 0.3 is 0 Å². The van der Waals surface area contributed by atoms with Crippen LogP contribution in [0.4, 0.5) is 0 Å². The molecule has 11 heavy (non-hydrogen) atoms. The lowest BCUT2D eigenvalue weighted by Gasteiger charge is -2.64. The van der Waals surface area contributed by atoms with Gasteiger partial charge in [-0.15, -0.1) is 0 Å². The van der Waals surface area contributed by atoms with E-state index in [0.717, 1.165) is 0 Å². The van der Waals surface area contributed by atoms with E-state index in [9.17, 15) is 0 Å². The van der Waals surface area contributed by atoms with Crippen LogP contribution in [-0.2, 0) is 0 Å². The second-order valence-corrected chi connectivity index (χ2v) is 4.88. The average molecular weight is 152 g/mol.